The summed E-state index contributed by atoms with van der Waals surface area (Å²) < 4.78 is 3.48. The van der Waals surface area contributed by atoms with E-state index in [-0.39, 0.29) is 46.1 Å². The van der Waals surface area contributed by atoms with Crippen molar-refractivity contribution in [2.24, 2.45) is 17.8 Å². The van der Waals surface area contributed by atoms with E-state index < -0.39 is 54.5 Å². The molecule has 6 rings (SSSR count). The van der Waals surface area contributed by atoms with E-state index in [0.717, 1.165) is 4.90 Å². The van der Waals surface area contributed by atoms with E-state index in [4.69, 9.17) is 74.3 Å². The van der Waals surface area contributed by atoms with Crippen LogP contribution < -0.4 is 14.5 Å². The zero-order valence-corrected chi connectivity index (χ0v) is 26.2. The highest BCUT2D eigenvalue weighted by Gasteiger charge is 2.87. The van der Waals surface area contributed by atoms with Gasteiger partial charge in [-0.2, -0.15) is 0 Å². The van der Waals surface area contributed by atoms with E-state index in [1.54, 1.807) is 6.92 Å². The molecule has 43 heavy (non-hydrogen) atoms. The lowest BCUT2D eigenvalue weighted by molar-refractivity contribution is -0.384. The number of allylic oxidation sites excluding steroid dienone is 2. The molecule has 1 saturated carbocycles. The maximum Gasteiger partial charge on any atom is 0.316 e. The van der Waals surface area contributed by atoms with Gasteiger partial charge in [0.05, 0.1) is 38.4 Å². The number of nitrogens with zero attached hydrogens (tertiary/aromatic N) is 3. The Balaban J connectivity index is 1.19. The Labute approximate surface area is 273 Å². The van der Waals surface area contributed by atoms with Crippen molar-refractivity contribution in [1.29, 1.82) is 0 Å². The Hall–Kier alpha value is -2.60. The summed E-state index contributed by atoms with van der Waals surface area (Å²) in [6.07, 6.45) is -0.116. The van der Waals surface area contributed by atoms with Crippen LogP contribution in [-0.2, 0) is 19.2 Å². The third kappa shape index (κ3) is 3.93. The molecule has 2 aromatic rings. The summed E-state index contributed by atoms with van der Waals surface area (Å²) in [5.74, 6) is -5.72. The Bertz CT molecular complexity index is 1650. The minimum Gasteiger partial charge on any atom is -0.426 e. The predicted molar refractivity (Wildman–Crippen MR) is 160 cm³/mol. The topological polar surface area (TPSA) is 127 Å². The fourth-order valence-corrected chi connectivity index (χ4v) is 9.17. The normalized spacial score (nSPS) is 30.9. The molecule has 0 N–H and O–H groups in total. The highest BCUT2D eigenvalue weighted by molar-refractivity contribution is 6.67. The van der Waals surface area contributed by atoms with Crippen LogP contribution in [0.4, 0.5) is 17.1 Å². The van der Waals surface area contributed by atoms with Gasteiger partial charge < -0.3 is 9.64 Å². The number of esters is 1. The summed E-state index contributed by atoms with van der Waals surface area (Å²) in [6, 6.07) is 9.69. The molecule has 2 aliphatic carbocycles. The zero-order valence-electron chi connectivity index (χ0n) is 21.7. The molecule has 3 amide bonds. The van der Waals surface area contributed by atoms with E-state index in [0.29, 0.717) is 11.3 Å². The lowest BCUT2D eigenvalue weighted by Gasteiger charge is -2.34. The third-order valence-electron chi connectivity index (χ3n) is 8.37. The first kappa shape index (κ1) is 30.4. The van der Waals surface area contributed by atoms with Crippen LogP contribution in [0.1, 0.15) is 12.0 Å². The number of nitro benzene ring substituents is 1. The minimum absolute atomic E-state index is 0.0221. The number of carbonyl (C=O) groups is 4. The molecule has 0 unspecified atom stereocenters. The lowest BCUT2D eigenvalue weighted by Crippen LogP contribution is -2.50. The molecule has 2 aromatic carbocycles. The van der Waals surface area contributed by atoms with Gasteiger partial charge in [0.15, 0.2) is 4.33 Å². The van der Waals surface area contributed by atoms with Gasteiger partial charge in [-0.1, -0.05) is 46.4 Å². The smallest absolute Gasteiger partial charge is 0.316 e. The van der Waals surface area contributed by atoms with Crippen LogP contribution in [0.2, 0.25) is 0 Å². The first-order chi connectivity index (χ1) is 20.1. The highest BCUT2D eigenvalue weighted by Crippen LogP contribution is 2.77. The van der Waals surface area contributed by atoms with E-state index in [9.17, 15) is 29.3 Å². The number of hydrogen-bond acceptors (Lipinski definition) is 7. The molecule has 10 nitrogen and oxygen atoms in total. The van der Waals surface area contributed by atoms with Crippen molar-refractivity contribution < 1.29 is 28.8 Å². The second-order valence-corrected chi connectivity index (χ2v) is 13.9. The number of hydrogen-bond donors (Lipinski definition) is 0. The fraction of sp³-hybridized carbons (Fsp3) is 0.333. The SMILES string of the molecule is Cc1cc(OC(=O)[C@H]2CC(=O)N(c3ccc([N+](=O)[O-])cc3)C2)ccc1N1C(=O)[C@@H]2[C@H](C1=O)[C@@]1(Cl)C(Cl)=C(Cl)[C@@]2(Cl)C1(Cl)Cl. The number of nitro groups is 1. The molecule has 2 bridgehead atoms. The number of halogens is 6. The average molecular weight is 708 g/mol. The number of fused-ring (bicyclic) bond motifs is 5. The van der Waals surface area contributed by atoms with Crippen LogP contribution in [0.25, 0.3) is 0 Å². The number of ether oxygens (including phenoxy) is 1. The predicted octanol–water partition coefficient (Wildman–Crippen LogP) is 5.81. The number of anilines is 2. The van der Waals surface area contributed by atoms with Crippen molar-refractivity contribution in [1.82, 2.24) is 0 Å². The standard InChI is InChI=1S/C27H17Cl6N3O7/c1-11-8-15(43-24(40)12-9-17(37)34(10-12)13-2-4-14(5-3-13)36(41)42)6-7-16(11)35-22(38)18-19(23(35)39)26(31)21(29)20(28)25(18,30)27(26,32)33/h2-8,12,18-19H,9-10H2,1H3/t12-,18-,19+,25+,26+/m0/s1. The van der Waals surface area contributed by atoms with Crippen LogP contribution in [0.3, 0.4) is 0 Å². The van der Waals surface area contributed by atoms with Gasteiger partial charge in [0.25, 0.3) is 5.69 Å². The Morgan fingerprint density at radius 2 is 1.51 bits per heavy atom. The number of aryl methyl sites for hydroxylation is 1. The van der Waals surface area contributed by atoms with Crippen molar-refractivity contribution in [3.05, 3.63) is 68.2 Å². The number of amides is 3. The molecule has 0 aromatic heterocycles. The molecular formula is C27H17Cl6N3O7. The maximum atomic E-state index is 13.7. The zero-order chi connectivity index (χ0) is 31.4. The average Bonchev–Trinajstić information content (AvgIpc) is 3.54. The molecule has 16 heteroatoms. The van der Waals surface area contributed by atoms with Crippen LogP contribution >= 0.6 is 69.6 Å². The summed E-state index contributed by atoms with van der Waals surface area (Å²) in [5, 5.41) is 10.5. The van der Waals surface area contributed by atoms with Crippen LogP contribution in [0, 0.1) is 34.8 Å². The van der Waals surface area contributed by atoms with Gasteiger partial charge in [-0.05, 0) is 42.8 Å². The summed E-state index contributed by atoms with van der Waals surface area (Å²) in [5.41, 5.74) is 0.874. The number of benzene rings is 2. The first-order valence-electron chi connectivity index (χ1n) is 12.6. The van der Waals surface area contributed by atoms with Crippen LogP contribution in [0.5, 0.6) is 5.75 Å². The molecule has 0 spiro atoms. The van der Waals surface area contributed by atoms with Gasteiger partial charge in [0, 0.05) is 30.8 Å². The monoisotopic (exact) mass is 705 g/mol. The molecule has 2 saturated heterocycles. The molecular weight excluding hydrogens is 691 g/mol. The van der Waals surface area contributed by atoms with Gasteiger partial charge in [-0.3, -0.25) is 29.3 Å². The van der Waals surface area contributed by atoms with Gasteiger partial charge >= 0.3 is 5.97 Å². The summed E-state index contributed by atoms with van der Waals surface area (Å²) in [7, 11) is 0. The summed E-state index contributed by atoms with van der Waals surface area (Å²) in [4.78, 5) is 61.6. The number of non-ortho nitro benzene ring substituents is 1. The third-order valence-corrected chi connectivity index (χ3v) is 12.6. The lowest BCUT2D eigenvalue weighted by atomic mass is 9.84. The molecule has 5 atom stereocenters. The van der Waals surface area contributed by atoms with Gasteiger partial charge in [-0.15, -0.1) is 23.2 Å². The molecule has 4 aliphatic rings. The summed E-state index contributed by atoms with van der Waals surface area (Å²) in [6.45, 7) is 1.62. The van der Waals surface area contributed by atoms with Crippen molar-refractivity contribution in [2.75, 3.05) is 16.3 Å². The Morgan fingerprint density at radius 3 is 2.02 bits per heavy atom. The molecule has 2 aliphatic heterocycles. The van der Waals surface area contributed by atoms with Crippen molar-refractivity contribution in [2.45, 2.75) is 27.4 Å². The quantitative estimate of drug-likeness (QED) is 0.0958. The number of alkyl halides is 4. The van der Waals surface area contributed by atoms with Crippen molar-refractivity contribution in [3.63, 3.8) is 0 Å². The molecule has 3 fully saturated rings. The Kier molecular flexibility index (Phi) is 7.04. The van der Waals surface area contributed by atoms with Gasteiger partial charge in [0.1, 0.15) is 15.5 Å². The van der Waals surface area contributed by atoms with Crippen molar-refractivity contribution in [3.8, 4) is 5.75 Å². The van der Waals surface area contributed by atoms with Gasteiger partial charge in [0.2, 0.25) is 17.7 Å². The maximum absolute atomic E-state index is 13.7. The number of rotatable bonds is 5. The van der Waals surface area contributed by atoms with Crippen LogP contribution in [-0.4, -0.2) is 49.2 Å². The van der Waals surface area contributed by atoms with Gasteiger partial charge in [-0.25, -0.2) is 4.90 Å². The first-order valence-corrected chi connectivity index (χ1v) is 14.9. The fourth-order valence-electron chi connectivity index (χ4n) is 6.24. The molecule has 224 valence electrons. The number of imide groups is 1. The van der Waals surface area contributed by atoms with E-state index in [2.05, 4.69) is 0 Å². The molecule has 0 radical (unpaired) electrons. The largest absolute Gasteiger partial charge is 0.426 e. The molecule has 2 heterocycles. The minimum atomic E-state index is -2.05. The second kappa shape index (κ2) is 9.95. The highest BCUT2D eigenvalue weighted by atomic mass is 35.5. The number of carbonyl (C=O) groups excluding carboxylic acids is 4. The second-order valence-electron chi connectivity index (χ2n) is 10.6. The van der Waals surface area contributed by atoms with E-state index in [1.807, 2.05) is 0 Å². The van der Waals surface area contributed by atoms with Crippen LogP contribution in [0.15, 0.2) is 52.5 Å². The van der Waals surface area contributed by atoms with E-state index >= 15 is 0 Å². The Morgan fingerprint density at radius 1 is 0.953 bits per heavy atom. The van der Waals surface area contributed by atoms with E-state index in [1.165, 1.54) is 47.4 Å². The van der Waals surface area contributed by atoms with Crippen molar-refractivity contribution >= 4 is 110 Å². The summed E-state index contributed by atoms with van der Waals surface area (Å²) >= 11 is 39.3.